The Balaban J connectivity index is 2.37. The Morgan fingerprint density at radius 3 is 2.37 bits per heavy atom. The predicted octanol–water partition coefficient (Wildman–Crippen LogP) is 5.62. The summed E-state index contributed by atoms with van der Waals surface area (Å²) in [5.41, 5.74) is -1.80. The molecule has 0 bridgehead atoms. The molecular weight excluding hydrogens is 391 g/mol. The van der Waals surface area contributed by atoms with Crippen molar-refractivity contribution in [2.24, 2.45) is 0 Å². The zero-order valence-electron chi connectivity index (χ0n) is 14.0. The third-order valence-electron chi connectivity index (χ3n) is 3.21. The number of carbonyl (C=O) groups is 1. The van der Waals surface area contributed by atoms with Crippen LogP contribution in [0.2, 0.25) is 5.02 Å². The number of carbonyl (C=O) groups excluding carboxylic acids is 1. The Morgan fingerprint density at radius 2 is 1.85 bits per heavy atom. The van der Waals surface area contributed by atoms with Crippen molar-refractivity contribution < 1.29 is 32.4 Å². The monoisotopic (exact) mass is 403 g/mol. The summed E-state index contributed by atoms with van der Waals surface area (Å²) in [6.45, 7) is 3.15. The largest absolute Gasteiger partial charge is 0.459 e. The zero-order valence-corrected chi connectivity index (χ0v) is 14.8. The lowest BCUT2D eigenvalue weighted by atomic mass is 10.1. The van der Waals surface area contributed by atoms with Crippen molar-refractivity contribution in [3.05, 3.63) is 62.7 Å². The minimum absolute atomic E-state index is 0.0297. The summed E-state index contributed by atoms with van der Waals surface area (Å²) in [6.07, 6.45) is -5.07. The Morgan fingerprint density at radius 1 is 1.19 bits per heavy atom. The summed E-state index contributed by atoms with van der Waals surface area (Å²) < 4.78 is 48.4. The van der Waals surface area contributed by atoms with Gasteiger partial charge in [-0.15, -0.1) is 0 Å². The van der Waals surface area contributed by atoms with Gasteiger partial charge in [-0.05, 0) is 38.1 Å². The molecule has 0 unspecified atom stereocenters. The van der Waals surface area contributed by atoms with E-state index >= 15 is 0 Å². The molecule has 2 aromatic rings. The number of nitrogens with zero attached hydrogens (tertiary/aromatic N) is 1. The molecule has 0 atom stereocenters. The fraction of sp³-hybridized carbons (Fsp3) is 0.235. The molecule has 2 rings (SSSR count). The fourth-order valence-corrected chi connectivity index (χ4v) is 2.28. The Bertz CT molecular complexity index is 883. The Kier molecular flexibility index (Phi) is 5.94. The molecule has 0 aliphatic carbocycles. The van der Waals surface area contributed by atoms with E-state index in [4.69, 9.17) is 21.1 Å². The van der Waals surface area contributed by atoms with Crippen molar-refractivity contribution in [3.8, 4) is 11.5 Å². The van der Waals surface area contributed by atoms with Crippen LogP contribution in [-0.4, -0.2) is 17.0 Å². The minimum atomic E-state index is -4.57. The van der Waals surface area contributed by atoms with Gasteiger partial charge in [0.1, 0.15) is 17.1 Å². The number of benzene rings is 2. The number of nitro groups is 1. The standard InChI is InChI=1S/C17H13ClF3NO5/c1-9(2)26-16(23)12-8-11(4-5-14(12)22(24)25)27-15-6-3-10(7-13(15)18)17(19,20)21/h3-9H,1-2H3. The highest BCUT2D eigenvalue weighted by atomic mass is 35.5. The van der Waals surface area contributed by atoms with Crippen LogP contribution in [0.1, 0.15) is 29.8 Å². The lowest BCUT2D eigenvalue weighted by molar-refractivity contribution is -0.385. The average molecular weight is 404 g/mol. The van der Waals surface area contributed by atoms with Gasteiger partial charge < -0.3 is 9.47 Å². The molecule has 0 heterocycles. The molecule has 144 valence electrons. The van der Waals surface area contributed by atoms with E-state index in [-0.39, 0.29) is 22.1 Å². The Hall–Kier alpha value is -2.81. The average Bonchev–Trinajstić information content (AvgIpc) is 2.54. The second-order valence-electron chi connectivity index (χ2n) is 5.64. The van der Waals surface area contributed by atoms with E-state index in [1.165, 1.54) is 6.07 Å². The number of nitro benzene ring substituents is 1. The Labute approximate surface area is 156 Å². The van der Waals surface area contributed by atoms with Crippen LogP contribution in [-0.2, 0) is 10.9 Å². The van der Waals surface area contributed by atoms with Crippen LogP contribution in [0.3, 0.4) is 0 Å². The predicted molar refractivity (Wildman–Crippen MR) is 90.2 cm³/mol. The molecule has 0 saturated heterocycles. The van der Waals surface area contributed by atoms with E-state index in [1.54, 1.807) is 13.8 Å². The van der Waals surface area contributed by atoms with E-state index in [0.717, 1.165) is 24.3 Å². The summed E-state index contributed by atoms with van der Waals surface area (Å²) in [5.74, 6) is -1.07. The highest BCUT2D eigenvalue weighted by Gasteiger charge is 2.31. The van der Waals surface area contributed by atoms with Gasteiger partial charge in [0.25, 0.3) is 5.69 Å². The molecule has 2 aromatic carbocycles. The third-order valence-corrected chi connectivity index (χ3v) is 3.51. The molecule has 0 amide bonds. The van der Waals surface area contributed by atoms with Crippen LogP contribution in [0.15, 0.2) is 36.4 Å². The minimum Gasteiger partial charge on any atom is -0.459 e. The van der Waals surface area contributed by atoms with Gasteiger partial charge in [-0.1, -0.05) is 11.6 Å². The van der Waals surface area contributed by atoms with Gasteiger partial charge in [-0.25, -0.2) is 4.79 Å². The van der Waals surface area contributed by atoms with Gasteiger partial charge in [0.15, 0.2) is 0 Å². The maximum Gasteiger partial charge on any atom is 0.416 e. The van der Waals surface area contributed by atoms with Gasteiger partial charge >= 0.3 is 12.1 Å². The van der Waals surface area contributed by atoms with Crippen LogP contribution < -0.4 is 4.74 Å². The number of ether oxygens (including phenoxy) is 2. The van der Waals surface area contributed by atoms with Crippen LogP contribution in [0, 0.1) is 10.1 Å². The lowest BCUT2D eigenvalue weighted by Crippen LogP contribution is -2.13. The number of hydrogen-bond acceptors (Lipinski definition) is 5. The first-order valence-corrected chi connectivity index (χ1v) is 7.91. The van der Waals surface area contributed by atoms with Crippen molar-refractivity contribution in [3.63, 3.8) is 0 Å². The smallest absolute Gasteiger partial charge is 0.416 e. The first-order valence-electron chi connectivity index (χ1n) is 7.53. The van der Waals surface area contributed by atoms with E-state index in [9.17, 15) is 28.1 Å². The number of rotatable bonds is 5. The van der Waals surface area contributed by atoms with Crippen molar-refractivity contribution in [1.29, 1.82) is 0 Å². The number of halogens is 4. The maximum atomic E-state index is 12.7. The molecule has 0 fully saturated rings. The molecule has 0 aromatic heterocycles. The van der Waals surface area contributed by atoms with Gasteiger partial charge in [0.2, 0.25) is 0 Å². The third kappa shape index (κ3) is 5.10. The summed E-state index contributed by atoms with van der Waals surface area (Å²) >= 11 is 5.81. The topological polar surface area (TPSA) is 78.7 Å². The number of esters is 1. The molecule has 27 heavy (non-hydrogen) atoms. The van der Waals surface area contributed by atoms with E-state index in [0.29, 0.717) is 6.07 Å². The second-order valence-corrected chi connectivity index (χ2v) is 6.04. The molecule has 6 nitrogen and oxygen atoms in total. The zero-order chi connectivity index (χ0) is 20.4. The number of alkyl halides is 3. The van der Waals surface area contributed by atoms with Crippen LogP contribution in [0.25, 0.3) is 0 Å². The van der Waals surface area contributed by atoms with E-state index in [2.05, 4.69) is 0 Å². The van der Waals surface area contributed by atoms with Crippen molar-refractivity contribution in [2.75, 3.05) is 0 Å². The van der Waals surface area contributed by atoms with Crippen LogP contribution in [0.5, 0.6) is 11.5 Å². The van der Waals surface area contributed by atoms with Crippen molar-refractivity contribution in [1.82, 2.24) is 0 Å². The highest BCUT2D eigenvalue weighted by molar-refractivity contribution is 6.32. The summed E-state index contributed by atoms with van der Waals surface area (Å²) in [5, 5.41) is 10.8. The highest BCUT2D eigenvalue weighted by Crippen LogP contribution is 2.37. The summed E-state index contributed by atoms with van der Waals surface area (Å²) in [6, 6.07) is 5.77. The van der Waals surface area contributed by atoms with Gasteiger partial charge in [-0.3, -0.25) is 10.1 Å². The molecule has 0 spiro atoms. The summed E-state index contributed by atoms with van der Waals surface area (Å²) in [7, 11) is 0. The second kappa shape index (κ2) is 7.83. The first kappa shape index (κ1) is 20.5. The first-order chi connectivity index (χ1) is 12.5. The van der Waals surface area contributed by atoms with Crippen LogP contribution >= 0.6 is 11.6 Å². The van der Waals surface area contributed by atoms with Crippen molar-refractivity contribution >= 4 is 23.3 Å². The molecule has 0 N–H and O–H groups in total. The SMILES string of the molecule is CC(C)OC(=O)c1cc(Oc2ccc(C(F)(F)F)cc2Cl)ccc1[N+](=O)[O-]. The van der Waals surface area contributed by atoms with E-state index < -0.39 is 34.4 Å². The quantitative estimate of drug-likeness (QED) is 0.367. The van der Waals surface area contributed by atoms with Crippen LogP contribution in [0.4, 0.5) is 18.9 Å². The maximum absolute atomic E-state index is 12.7. The normalized spacial score (nSPS) is 11.4. The van der Waals surface area contributed by atoms with E-state index in [1.807, 2.05) is 0 Å². The molecular formula is C17H13ClF3NO5. The fourth-order valence-electron chi connectivity index (χ4n) is 2.07. The molecule has 0 radical (unpaired) electrons. The molecule has 10 heteroatoms. The molecule has 0 saturated carbocycles. The van der Waals surface area contributed by atoms with Gasteiger partial charge in [-0.2, -0.15) is 13.2 Å². The van der Waals surface area contributed by atoms with Gasteiger partial charge in [0, 0.05) is 12.1 Å². The number of hydrogen-bond donors (Lipinski definition) is 0. The van der Waals surface area contributed by atoms with Gasteiger partial charge in [0.05, 0.1) is 21.6 Å². The molecule has 0 aliphatic heterocycles. The van der Waals surface area contributed by atoms with Crippen molar-refractivity contribution in [2.45, 2.75) is 26.1 Å². The molecule has 0 aliphatic rings. The lowest BCUT2D eigenvalue weighted by Gasteiger charge is -2.12. The summed E-state index contributed by atoms with van der Waals surface area (Å²) in [4.78, 5) is 22.4.